The number of halogens is 4. The maximum atomic E-state index is 12.6. The number of hydrogen-bond donors (Lipinski definition) is 1. The smallest absolute Gasteiger partial charge is 0.416 e. The van der Waals surface area contributed by atoms with Gasteiger partial charge in [-0.2, -0.15) is 13.2 Å². The van der Waals surface area contributed by atoms with Crippen molar-refractivity contribution in [2.24, 2.45) is 0 Å². The summed E-state index contributed by atoms with van der Waals surface area (Å²) < 4.78 is 37.9. The van der Waals surface area contributed by atoms with Crippen LogP contribution in [-0.2, 0) is 6.18 Å². The van der Waals surface area contributed by atoms with Gasteiger partial charge in [0.2, 0.25) is 0 Å². The van der Waals surface area contributed by atoms with Gasteiger partial charge in [-0.1, -0.05) is 23.7 Å². The molecule has 0 unspecified atom stereocenters. The predicted octanol–water partition coefficient (Wildman–Crippen LogP) is 4.12. The number of benzene rings is 1. The Balaban J connectivity index is 2.58. The molecule has 0 saturated heterocycles. The van der Waals surface area contributed by atoms with Crippen LogP contribution in [0.2, 0.25) is 5.02 Å². The monoisotopic (exact) mass is 301 g/mol. The molecule has 0 atom stereocenters. The Morgan fingerprint density at radius 2 is 1.95 bits per heavy atom. The van der Waals surface area contributed by atoms with E-state index >= 15 is 0 Å². The van der Waals surface area contributed by atoms with E-state index in [9.17, 15) is 18.0 Å². The average Bonchev–Trinajstić information content (AvgIpc) is 2.38. The molecule has 0 aliphatic rings. The first-order valence-corrected chi connectivity index (χ1v) is 5.74. The van der Waals surface area contributed by atoms with Crippen molar-refractivity contribution < 1.29 is 23.1 Å². The second kappa shape index (κ2) is 5.13. The molecule has 0 aliphatic carbocycles. The first-order valence-electron chi connectivity index (χ1n) is 5.36. The van der Waals surface area contributed by atoms with Crippen LogP contribution in [0.1, 0.15) is 15.9 Å². The zero-order chi connectivity index (χ0) is 14.9. The standard InChI is InChI=1S/C13H7ClF3NO2/c14-10-9(12(19)20)4-5-18-11(10)7-2-1-3-8(6-7)13(15,16)17/h1-6H,(H,19,20). The number of carbonyl (C=O) groups is 1. The van der Waals surface area contributed by atoms with E-state index in [1.54, 1.807) is 0 Å². The van der Waals surface area contributed by atoms with Crippen LogP contribution in [0.4, 0.5) is 13.2 Å². The molecule has 0 saturated carbocycles. The zero-order valence-electron chi connectivity index (χ0n) is 9.78. The minimum Gasteiger partial charge on any atom is -0.478 e. The number of nitrogens with zero attached hydrogens (tertiary/aromatic N) is 1. The SMILES string of the molecule is O=C(O)c1ccnc(-c2cccc(C(F)(F)F)c2)c1Cl. The normalized spacial score (nSPS) is 11.4. The van der Waals surface area contributed by atoms with E-state index in [0.29, 0.717) is 0 Å². The number of aromatic nitrogens is 1. The Morgan fingerprint density at radius 3 is 2.55 bits per heavy atom. The van der Waals surface area contributed by atoms with Crippen molar-refractivity contribution in [1.29, 1.82) is 0 Å². The molecule has 0 fully saturated rings. The Labute approximate surface area is 116 Å². The molecule has 20 heavy (non-hydrogen) atoms. The molecule has 7 heteroatoms. The highest BCUT2D eigenvalue weighted by atomic mass is 35.5. The number of pyridine rings is 1. The van der Waals surface area contributed by atoms with Crippen LogP contribution in [0.3, 0.4) is 0 Å². The molecule has 3 nitrogen and oxygen atoms in total. The minimum atomic E-state index is -4.49. The summed E-state index contributed by atoms with van der Waals surface area (Å²) in [6.07, 6.45) is -3.31. The Hall–Kier alpha value is -2.08. The van der Waals surface area contributed by atoms with E-state index in [1.807, 2.05) is 0 Å². The van der Waals surface area contributed by atoms with Crippen LogP contribution in [0, 0.1) is 0 Å². The van der Waals surface area contributed by atoms with Crippen LogP contribution in [0.25, 0.3) is 11.3 Å². The summed E-state index contributed by atoms with van der Waals surface area (Å²) in [5, 5.41) is 8.73. The van der Waals surface area contributed by atoms with Crippen LogP contribution < -0.4 is 0 Å². The summed E-state index contributed by atoms with van der Waals surface area (Å²) >= 11 is 5.88. The van der Waals surface area contributed by atoms with Crippen molar-refractivity contribution in [3.8, 4) is 11.3 Å². The van der Waals surface area contributed by atoms with Gasteiger partial charge in [-0.3, -0.25) is 4.98 Å². The van der Waals surface area contributed by atoms with Crippen LogP contribution >= 0.6 is 11.6 Å². The molecule has 1 aromatic heterocycles. The lowest BCUT2D eigenvalue weighted by Gasteiger charge is -2.10. The summed E-state index contributed by atoms with van der Waals surface area (Å²) in [6.45, 7) is 0. The fraction of sp³-hybridized carbons (Fsp3) is 0.0769. The Bertz CT molecular complexity index is 671. The highest BCUT2D eigenvalue weighted by Crippen LogP contribution is 2.34. The second-order valence-corrected chi connectivity index (χ2v) is 4.28. The number of rotatable bonds is 2. The van der Waals surface area contributed by atoms with Gasteiger partial charge in [0.25, 0.3) is 0 Å². The van der Waals surface area contributed by atoms with Gasteiger partial charge >= 0.3 is 12.1 Å². The summed E-state index contributed by atoms with van der Waals surface area (Å²) in [5.41, 5.74) is -0.965. The average molecular weight is 302 g/mol. The third kappa shape index (κ3) is 2.75. The minimum absolute atomic E-state index is 0.00216. The van der Waals surface area contributed by atoms with Gasteiger partial charge in [0.05, 0.1) is 21.8 Å². The van der Waals surface area contributed by atoms with E-state index < -0.39 is 17.7 Å². The molecule has 0 bridgehead atoms. The molecule has 0 aliphatic heterocycles. The number of hydrogen-bond acceptors (Lipinski definition) is 2. The van der Waals surface area contributed by atoms with E-state index in [2.05, 4.69) is 4.98 Å². The van der Waals surface area contributed by atoms with Crippen molar-refractivity contribution >= 4 is 17.6 Å². The Morgan fingerprint density at radius 1 is 1.25 bits per heavy atom. The summed E-state index contributed by atoms with van der Waals surface area (Å²) in [5.74, 6) is -1.27. The van der Waals surface area contributed by atoms with Gasteiger partial charge in [0.15, 0.2) is 0 Å². The van der Waals surface area contributed by atoms with Gasteiger partial charge in [-0.25, -0.2) is 4.79 Å². The maximum absolute atomic E-state index is 12.6. The van der Waals surface area contributed by atoms with E-state index in [-0.39, 0.29) is 21.8 Å². The third-order valence-electron chi connectivity index (χ3n) is 2.58. The zero-order valence-corrected chi connectivity index (χ0v) is 10.5. The van der Waals surface area contributed by atoms with Crippen molar-refractivity contribution in [3.05, 3.63) is 52.7 Å². The molecule has 0 radical (unpaired) electrons. The molecule has 2 aromatic rings. The number of carboxylic acids is 1. The lowest BCUT2D eigenvalue weighted by Crippen LogP contribution is -2.05. The predicted molar refractivity (Wildman–Crippen MR) is 66.6 cm³/mol. The van der Waals surface area contributed by atoms with Gasteiger partial charge in [0.1, 0.15) is 0 Å². The van der Waals surface area contributed by atoms with E-state index in [4.69, 9.17) is 16.7 Å². The third-order valence-corrected chi connectivity index (χ3v) is 2.97. The topological polar surface area (TPSA) is 50.2 Å². The summed E-state index contributed by atoms with van der Waals surface area (Å²) in [4.78, 5) is 14.8. The van der Waals surface area contributed by atoms with Crippen LogP contribution in [0.15, 0.2) is 36.5 Å². The fourth-order valence-electron chi connectivity index (χ4n) is 1.65. The van der Waals surface area contributed by atoms with Gasteiger partial charge in [0, 0.05) is 11.8 Å². The van der Waals surface area contributed by atoms with Gasteiger partial charge in [-0.15, -0.1) is 0 Å². The largest absolute Gasteiger partial charge is 0.478 e. The molecule has 104 valence electrons. The van der Waals surface area contributed by atoms with Crippen molar-refractivity contribution in [2.75, 3.05) is 0 Å². The quantitative estimate of drug-likeness (QED) is 0.907. The van der Waals surface area contributed by atoms with Gasteiger partial charge in [-0.05, 0) is 18.2 Å². The van der Waals surface area contributed by atoms with Crippen LogP contribution in [0.5, 0.6) is 0 Å². The first kappa shape index (κ1) is 14.3. The lowest BCUT2D eigenvalue weighted by atomic mass is 10.1. The first-order chi connectivity index (χ1) is 9.30. The number of aromatic carboxylic acids is 1. The molecular formula is C13H7ClF3NO2. The number of carboxylic acid groups (broad SMARTS) is 1. The fourth-order valence-corrected chi connectivity index (χ4v) is 1.95. The number of alkyl halides is 3. The van der Waals surface area contributed by atoms with Crippen molar-refractivity contribution in [1.82, 2.24) is 4.98 Å². The summed E-state index contributed by atoms with van der Waals surface area (Å²) in [6, 6.07) is 5.57. The van der Waals surface area contributed by atoms with Crippen molar-refractivity contribution in [3.63, 3.8) is 0 Å². The Kier molecular flexibility index (Phi) is 3.67. The molecule has 0 spiro atoms. The molecular weight excluding hydrogens is 295 g/mol. The molecule has 1 N–H and O–H groups in total. The van der Waals surface area contributed by atoms with Crippen LogP contribution in [-0.4, -0.2) is 16.1 Å². The molecule has 0 amide bonds. The highest BCUT2D eigenvalue weighted by molar-refractivity contribution is 6.35. The molecule has 2 rings (SSSR count). The van der Waals surface area contributed by atoms with Crippen molar-refractivity contribution in [2.45, 2.75) is 6.18 Å². The van der Waals surface area contributed by atoms with Gasteiger partial charge < -0.3 is 5.11 Å². The maximum Gasteiger partial charge on any atom is 0.416 e. The summed E-state index contributed by atoms with van der Waals surface area (Å²) in [7, 11) is 0. The van der Waals surface area contributed by atoms with E-state index in [1.165, 1.54) is 24.4 Å². The second-order valence-electron chi connectivity index (χ2n) is 3.90. The highest BCUT2D eigenvalue weighted by Gasteiger charge is 2.30. The lowest BCUT2D eigenvalue weighted by molar-refractivity contribution is -0.137. The molecule has 1 heterocycles. The van der Waals surface area contributed by atoms with E-state index in [0.717, 1.165) is 12.1 Å². The molecule has 1 aromatic carbocycles.